The highest BCUT2D eigenvalue weighted by atomic mass is 35.5. The number of nitrogens with one attached hydrogen (secondary N) is 1. The van der Waals surface area contributed by atoms with Crippen molar-refractivity contribution in [2.24, 2.45) is 0 Å². The normalized spacial score (nSPS) is 17.4. The molecule has 0 unspecified atom stereocenters. The predicted octanol–water partition coefficient (Wildman–Crippen LogP) is 2.65. The zero-order valence-electron chi connectivity index (χ0n) is 10.1. The van der Waals surface area contributed by atoms with E-state index in [1.165, 1.54) is 0 Å². The summed E-state index contributed by atoms with van der Waals surface area (Å²) >= 11 is 5.87. The van der Waals surface area contributed by atoms with Crippen molar-refractivity contribution in [2.45, 2.75) is 12.5 Å². The van der Waals surface area contributed by atoms with Crippen LogP contribution in [0, 0.1) is 0 Å². The molecule has 0 saturated heterocycles. The van der Waals surface area contributed by atoms with E-state index < -0.39 is 0 Å². The number of nitrogens with two attached hydrogens (primary N) is 1. The largest absolute Gasteiger partial charge is 0.493 e. The number of aromatic nitrogens is 2. The van der Waals surface area contributed by atoms with Crippen LogP contribution < -0.4 is 15.8 Å². The summed E-state index contributed by atoms with van der Waals surface area (Å²) in [5.74, 6) is 1.69. The van der Waals surface area contributed by atoms with Crippen LogP contribution in [0.5, 0.6) is 5.75 Å². The second-order valence-electron chi connectivity index (χ2n) is 4.31. The summed E-state index contributed by atoms with van der Waals surface area (Å²) in [7, 11) is 0. The topological polar surface area (TPSA) is 73.1 Å². The molecular weight excluding hydrogens is 264 g/mol. The molecule has 1 aliphatic rings. The Morgan fingerprint density at radius 3 is 3.00 bits per heavy atom. The molecule has 3 rings (SSSR count). The van der Waals surface area contributed by atoms with Gasteiger partial charge in [-0.2, -0.15) is 4.98 Å². The first-order valence-electron chi connectivity index (χ1n) is 6.01. The summed E-state index contributed by atoms with van der Waals surface area (Å²) in [5.41, 5.74) is 6.70. The maximum atomic E-state index is 5.87. The van der Waals surface area contributed by atoms with Crippen LogP contribution in [0.4, 0.5) is 11.8 Å². The summed E-state index contributed by atoms with van der Waals surface area (Å²) in [6, 6.07) is 9.75. The molecule has 3 N–H and O–H groups in total. The van der Waals surface area contributed by atoms with Gasteiger partial charge in [-0.25, -0.2) is 4.98 Å². The number of hydrogen-bond acceptors (Lipinski definition) is 5. The van der Waals surface area contributed by atoms with E-state index in [0.717, 1.165) is 17.7 Å². The number of rotatable bonds is 2. The van der Waals surface area contributed by atoms with Crippen LogP contribution in [0.15, 0.2) is 30.3 Å². The highest BCUT2D eigenvalue weighted by Crippen LogP contribution is 2.33. The number of para-hydroxylation sites is 1. The van der Waals surface area contributed by atoms with Gasteiger partial charge in [-0.1, -0.05) is 29.8 Å². The molecule has 1 aliphatic heterocycles. The van der Waals surface area contributed by atoms with E-state index in [2.05, 4.69) is 15.3 Å². The Bertz CT molecular complexity index is 585. The Hall–Kier alpha value is -2.01. The van der Waals surface area contributed by atoms with Gasteiger partial charge in [0.15, 0.2) is 0 Å². The van der Waals surface area contributed by atoms with Gasteiger partial charge in [-0.05, 0) is 6.07 Å². The first-order chi connectivity index (χ1) is 9.22. The second kappa shape index (κ2) is 4.93. The maximum Gasteiger partial charge on any atom is 0.223 e. The second-order valence-corrected chi connectivity index (χ2v) is 4.69. The molecule has 5 nitrogen and oxygen atoms in total. The van der Waals surface area contributed by atoms with E-state index in [0.29, 0.717) is 17.6 Å². The predicted molar refractivity (Wildman–Crippen MR) is 74.4 cm³/mol. The third-order valence-corrected chi connectivity index (χ3v) is 3.19. The Labute approximate surface area is 115 Å². The van der Waals surface area contributed by atoms with Crippen LogP contribution >= 0.6 is 11.6 Å². The molecular formula is C13H13ClN4O. The van der Waals surface area contributed by atoms with Crippen LogP contribution in [0.1, 0.15) is 18.0 Å². The lowest BCUT2D eigenvalue weighted by Gasteiger charge is -2.27. The standard InChI is InChI=1S/C13H13ClN4O/c14-11-7-12(18-13(15)17-11)16-9-5-6-19-10-4-2-1-3-8(9)10/h1-4,7,9H,5-6H2,(H3,15,16,17,18)/t9-/m1/s1. The fourth-order valence-electron chi connectivity index (χ4n) is 2.18. The molecule has 0 aliphatic carbocycles. The van der Waals surface area contributed by atoms with Gasteiger partial charge in [0, 0.05) is 18.1 Å². The number of ether oxygens (including phenoxy) is 1. The zero-order chi connectivity index (χ0) is 13.2. The van der Waals surface area contributed by atoms with E-state index in [4.69, 9.17) is 22.1 Å². The average Bonchev–Trinajstić information content (AvgIpc) is 2.38. The molecule has 0 bridgehead atoms. The lowest BCUT2D eigenvalue weighted by atomic mass is 10.0. The summed E-state index contributed by atoms with van der Waals surface area (Å²) in [6.07, 6.45) is 0.860. The lowest BCUT2D eigenvalue weighted by Crippen LogP contribution is -2.21. The molecule has 1 aromatic carbocycles. The molecule has 0 radical (unpaired) electrons. The van der Waals surface area contributed by atoms with Crippen LogP contribution in [0.3, 0.4) is 0 Å². The number of benzene rings is 1. The number of hydrogen-bond donors (Lipinski definition) is 2. The van der Waals surface area contributed by atoms with Crippen molar-refractivity contribution >= 4 is 23.4 Å². The first kappa shape index (κ1) is 12.0. The molecule has 0 saturated carbocycles. The molecule has 2 heterocycles. The minimum absolute atomic E-state index is 0.135. The van der Waals surface area contributed by atoms with E-state index in [1.807, 2.05) is 24.3 Å². The van der Waals surface area contributed by atoms with Crippen LogP contribution in [-0.4, -0.2) is 16.6 Å². The third-order valence-electron chi connectivity index (χ3n) is 2.99. The molecule has 6 heteroatoms. The van der Waals surface area contributed by atoms with Gasteiger partial charge in [0.2, 0.25) is 5.95 Å². The highest BCUT2D eigenvalue weighted by molar-refractivity contribution is 6.29. The van der Waals surface area contributed by atoms with E-state index in [9.17, 15) is 0 Å². The Morgan fingerprint density at radius 1 is 1.32 bits per heavy atom. The summed E-state index contributed by atoms with van der Waals surface area (Å²) in [6.45, 7) is 0.670. The van der Waals surface area contributed by atoms with Gasteiger partial charge in [-0.3, -0.25) is 0 Å². The van der Waals surface area contributed by atoms with Gasteiger partial charge >= 0.3 is 0 Å². The first-order valence-corrected chi connectivity index (χ1v) is 6.38. The number of nitrogen functional groups attached to an aromatic ring is 1. The van der Waals surface area contributed by atoms with Gasteiger partial charge in [0.05, 0.1) is 12.6 Å². The van der Waals surface area contributed by atoms with Gasteiger partial charge < -0.3 is 15.8 Å². The SMILES string of the molecule is Nc1nc(Cl)cc(N[C@@H]2CCOc3ccccc32)n1. The average molecular weight is 277 g/mol. The molecule has 0 fully saturated rings. The van der Waals surface area contributed by atoms with Gasteiger partial charge in [0.1, 0.15) is 16.7 Å². The van der Waals surface area contributed by atoms with Crippen molar-refractivity contribution in [1.82, 2.24) is 9.97 Å². The van der Waals surface area contributed by atoms with Crippen molar-refractivity contribution < 1.29 is 4.74 Å². The molecule has 1 aromatic heterocycles. The molecule has 2 aromatic rings. The van der Waals surface area contributed by atoms with E-state index in [1.54, 1.807) is 6.07 Å². The van der Waals surface area contributed by atoms with Crippen molar-refractivity contribution in [2.75, 3.05) is 17.7 Å². The third kappa shape index (κ3) is 2.56. The monoisotopic (exact) mass is 276 g/mol. The quantitative estimate of drug-likeness (QED) is 0.825. The molecule has 0 spiro atoms. The van der Waals surface area contributed by atoms with E-state index >= 15 is 0 Å². The van der Waals surface area contributed by atoms with Crippen molar-refractivity contribution in [3.63, 3.8) is 0 Å². The summed E-state index contributed by atoms with van der Waals surface area (Å²) in [5, 5.41) is 3.65. The lowest BCUT2D eigenvalue weighted by molar-refractivity contribution is 0.274. The molecule has 0 amide bonds. The number of halogens is 1. The molecule has 19 heavy (non-hydrogen) atoms. The van der Waals surface area contributed by atoms with E-state index in [-0.39, 0.29) is 12.0 Å². The number of fused-ring (bicyclic) bond motifs is 1. The highest BCUT2D eigenvalue weighted by Gasteiger charge is 2.21. The fraction of sp³-hybridized carbons (Fsp3) is 0.231. The Balaban J connectivity index is 1.88. The summed E-state index contributed by atoms with van der Waals surface area (Å²) < 4.78 is 5.62. The van der Waals surface area contributed by atoms with Crippen molar-refractivity contribution in [3.8, 4) is 5.75 Å². The molecule has 1 atom stereocenters. The maximum absolute atomic E-state index is 5.87. The number of anilines is 2. The van der Waals surface area contributed by atoms with Crippen LogP contribution in [-0.2, 0) is 0 Å². The smallest absolute Gasteiger partial charge is 0.223 e. The van der Waals surface area contributed by atoms with Crippen LogP contribution in [0.2, 0.25) is 5.15 Å². The summed E-state index contributed by atoms with van der Waals surface area (Å²) in [4.78, 5) is 7.97. The number of nitrogens with zero attached hydrogens (tertiary/aromatic N) is 2. The molecule has 98 valence electrons. The van der Waals surface area contributed by atoms with Crippen molar-refractivity contribution in [1.29, 1.82) is 0 Å². The minimum atomic E-state index is 0.135. The Morgan fingerprint density at radius 2 is 2.16 bits per heavy atom. The fourth-order valence-corrected chi connectivity index (χ4v) is 2.37. The zero-order valence-corrected chi connectivity index (χ0v) is 10.9. The van der Waals surface area contributed by atoms with Gasteiger partial charge in [-0.15, -0.1) is 0 Å². The van der Waals surface area contributed by atoms with Gasteiger partial charge in [0.25, 0.3) is 0 Å². The minimum Gasteiger partial charge on any atom is -0.493 e. The Kier molecular flexibility index (Phi) is 3.13. The van der Waals surface area contributed by atoms with Crippen LogP contribution in [0.25, 0.3) is 0 Å². The van der Waals surface area contributed by atoms with Crippen molar-refractivity contribution in [3.05, 3.63) is 41.0 Å².